The van der Waals surface area contributed by atoms with Gasteiger partial charge in [0, 0.05) is 5.30 Å². The van der Waals surface area contributed by atoms with Crippen molar-refractivity contribution in [3.63, 3.8) is 0 Å². The Labute approximate surface area is 140 Å². The third-order valence-electron chi connectivity index (χ3n) is 3.85. The van der Waals surface area contributed by atoms with Gasteiger partial charge in [-0.2, -0.15) is 0 Å². The Morgan fingerprint density at radius 2 is 1.74 bits per heavy atom. The second-order valence-electron chi connectivity index (χ2n) is 5.83. The Bertz CT molecular complexity index is 685. The molecule has 0 spiro atoms. The van der Waals surface area contributed by atoms with Crippen LogP contribution < -0.4 is 15.1 Å². The van der Waals surface area contributed by atoms with E-state index in [-0.39, 0.29) is 5.48 Å². The molecule has 0 aliphatic carbocycles. The second-order valence-corrected chi connectivity index (χ2v) is 6.95. The van der Waals surface area contributed by atoms with Gasteiger partial charge in [0.15, 0.2) is 0 Å². The summed E-state index contributed by atoms with van der Waals surface area (Å²) in [6, 6.07) is 12.0. The molecule has 0 atom stereocenters. The average molecular weight is 327 g/mol. The fourth-order valence-corrected chi connectivity index (χ4v) is 3.57. The summed E-state index contributed by atoms with van der Waals surface area (Å²) in [6.07, 6.45) is 2.18. The van der Waals surface area contributed by atoms with Gasteiger partial charge in [-0.15, -0.1) is 5.48 Å². The Kier molecular flexibility index (Phi) is 6.38. The normalized spacial score (nSPS) is 11.6. The van der Waals surface area contributed by atoms with Crippen molar-refractivity contribution in [1.82, 2.24) is 0 Å². The maximum Gasteiger partial charge on any atom is 0.119 e. The molecule has 0 amide bonds. The van der Waals surface area contributed by atoms with Crippen LogP contribution in [0.2, 0.25) is 0 Å². The number of rotatable bonds is 6. The lowest BCUT2D eigenvalue weighted by Crippen LogP contribution is -2.20. The van der Waals surface area contributed by atoms with Crippen molar-refractivity contribution < 1.29 is 9.84 Å². The summed E-state index contributed by atoms with van der Waals surface area (Å²) < 4.78 is 5.72. The monoisotopic (exact) mass is 327 g/mol. The fraction of sp³-hybridized carbons (Fsp3) is 0.350. The van der Waals surface area contributed by atoms with E-state index in [9.17, 15) is 5.11 Å². The van der Waals surface area contributed by atoms with Crippen LogP contribution in [0.1, 0.15) is 42.0 Å². The Morgan fingerprint density at radius 1 is 1.04 bits per heavy atom. The predicted molar refractivity (Wildman–Crippen MR) is 98.2 cm³/mol. The third kappa shape index (κ3) is 4.67. The quantitative estimate of drug-likeness (QED) is 0.595. The average Bonchev–Trinajstić information content (AvgIpc) is 2.50. The second kappa shape index (κ2) is 8.29. The minimum absolute atomic E-state index is 0.156. The standard InChI is InChI=1S/C20H25O2P/c1-5-6-12-22-17-10-11-18(16(4)13-17)23-20(21)19-14(2)8-7-9-15(19)3/h7-11,13,21H,5-6,12H2,1-4H3/p-1. The molecular formula is C20H24O2P-. The number of aryl methyl sites for hydroxylation is 3. The third-order valence-corrected chi connectivity index (χ3v) is 5.02. The van der Waals surface area contributed by atoms with Crippen molar-refractivity contribution in [2.45, 2.75) is 40.5 Å². The van der Waals surface area contributed by atoms with Crippen LogP contribution in [0.15, 0.2) is 36.4 Å². The molecule has 122 valence electrons. The molecule has 0 heterocycles. The summed E-state index contributed by atoms with van der Waals surface area (Å²) in [5, 5.41) is 13.7. The fourth-order valence-electron chi connectivity index (χ4n) is 2.49. The highest BCUT2D eigenvalue weighted by atomic mass is 31.1. The zero-order valence-corrected chi connectivity index (χ0v) is 15.2. The molecule has 0 aromatic heterocycles. The van der Waals surface area contributed by atoms with Crippen molar-refractivity contribution in [3.8, 4) is 5.75 Å². The molecule has 0 saturated heterocycles. The summed E-state index contributed by atoms with van der Waals surface area (Å²) >= 11 is 0. The predicted octanol–water partition coefficient (Wildman–Crippen LogP) is 3.90. The number of ether oxygens (including phenoxy) is 1. The lowest BCUT2D eigenvalue weighted by atomic mass is 10.0. The minimum Gasteiger partial charge on any atom is -0.823 e. The zero-order chi connectivity index (χ0) is 16.8. The highest BCUT2D eigenvalue weighted by Crippen LogP contribution is 2.19. The molecule has 2 rings (SSSR count). The van der Waals surface area contributed by atoms with E-state index in [4.69, 9.17) is 4.74 Å². The van der Waals surface area contributed by atoms with Crippen LogP contribution in [0, 0.1) is 20.8 Å². The van der Waals surface area contributed by atoms with Crippen molar-refractivity contribution in [1.29, 1.82) is 0 Å². The Morgan fingerprint density at radius 3 is 2.35 bits per heavy atom. The highest BCUT2D eigenvalue weighted by molar-refractivity contribution is 7.49. The largest absolute Gasteiger partial charge is 0.823 e. The van der Waals surface area contributed by atoms with Gasteiger partial charge in [0.1, 0.15) is 5.75 Å². The topological polar surface area (TPSA) is 32.3 Å². The SMILES string of the molecule is CCCCOc1ccc(P=C([O-])c2c(C)cccc2C)c(C)c1. The molecule has 23 heavy (non-hydrogen) atoms. The number of hydrogen-bond acceptors (Lipinski definition) is 2. The van der Waals surface area contributed by atoms with Crippen LogP contribution in [0.25, 0.3) is 0 Å². The van der Waals surface area contributed by atoms with Crippen LogP contribution in [0.4, 0.5) is 0 Å². The summed E-state index contributed by atoms with van der Waals surface area (Å²) in [5.41, 5.74) is 4.18. The van der Waals surface area contributed by atoms with Gasteiger partial charge in [0.2, 0.25) is 0 Å². The van der Waals surface area contributed by atoms with Crippen LogP contribution in [0.5, 0.6) is 5.75 Å². The van der Waals surface area contributed by atoms with E-state index >= 15 is 0 Å². The van der Waals surface area contributed by atoms with E-state index in [1.165, 1.54) is 0 Å². The molecule has 0 N–H and O–H groups in total. The first-order valence-electron chi connectivity index (χ1n) is 8.08. The Hall–Kier alpha value is -1.63. The number of benzene rings is 2. The van der Waals surface area contributed by atoms with Crippen LogP contribution >= 0.6 is 8.20 Å². The molecule has 0 radical (unpaired) electrons. The van der Waals surface area contributed by atoms with E-state index in [0.717, 1.165) is 61.0 Å². The molecule has 0 saturated carbocycles. The molecular weight excluding hydrogens is 303 g/mol. The van der Waals surface area contributed by atoms with Gasteiger partial charge in [0.25, 0.3) is 0 Å². The molecule has 0 bridgehead atoms. The van der Waals surface area contributed by atoms with Gasteiger partial charge >= 0.3 is 0 Å². The maximum absolute atomic E-state index is 12.7. The van der Waals surface area contributed by atoms with Crippen LogP contribution in [0.3, 0.4) is 0 Å². The van der Waals surface area contributed by atoms with Gasteiger partial charge in [0.05, 0.1) is 6.61 Å². The molecule has 2 aromatic rings. The van der Waals surface area contributed by atoms with Crippen molar-refractivity contribution in [2.75, 3.05) is 6.61 Å². The Balaban J connectivity index is 2.25. The molecule has 0 unspecified atom stereocenters. The van der Waals surface area contributed by atoms with Crippen molar-refractivity contribution in [2.24, 2.45) is 0 Å². The first kappa shape index (κ1) is 17.7. The van der Waals surface area contributed by atoms with Gasteiger partial charge < -0.3 is 9.84 Å². The van der Waals surface area contributed by atoms with E-state index in [2.05, 4.69) is 6.92 Å². The van der Waals surface area contributed by atoms with Crippen LogP contribution in [-0.4, -0.2) is 12.1 Å². The van der Waals surface area contributed by atoms with Crippen molar-refractivity contribution in [3.05, 3.63) is 58.7 Å². The molecule has 0 fully saturated rings. The minimum atomic E-state index is 0.156. The highest BCUT2D eigenvalue weighted by Gasteiger charge is 2.03. The van der Waals surface area contributed by atoms with Gasteiger partial charge in [-0.1, -0.05) is 39.7 Å². The van der Waals surface area contributed by atoms with Gasteiger partial charge in [-0.25, -0.2) is 0 Å². The van der Waals surface area contributed by atoms with Gasteiger partial charge in [-0.3, -0.25) is 0 Å². The van der Waals surface area contributed by atoms with Crippen LogP contribution in [-0.2, 0) is 0 Å². The van der Waals surface area contributed by atoms with Crippen molar-refractivity contribution >= 4 is 19.0 Å². The zero-order valence-electron chi connectivity index (χ0n) is 14.3. The molecule has 0 aliphatic rings. The van der Waals surface area contributed by atoms with E-state index in [1.54, 1.807) is 0 Å². The van der Waals surface area contributed by atoms with Gasteiger partial charge in [-0.05, 0) is 67.6 Å². The van der Waals surface area contributed by atoms with E-state index in [0.29, 0.717) is 0 Å². The summed E-state index contributed by atoms with van der Waals surface area (Å²) in [6.45, 7) is 8.91. The lowest BCUT2D eigenvalue weighted by molar-refractivity contribution is -0.207. The smallest absolute Gasteiger partial charge is 0.119 e. The molecule has 0 aliphatic heterocycles. The number of unbranched alkanes of at least 4 members (excludes halogenated alkanes) is 1. The summed E-state index contributed by atoms with van der Waals surface area (Å²) in [4.78, 5) is 0. The van der Waals surface area contributed by atoms with E-state index in [1.807, 2.05) is 57.2 Å². The molecule has 2 aromatic carbocycles. The first-order chi connectivity index (χ1) is 11.0. The maximum atomic E-state index is 12.7. The van der Waals surface area contributed by atoms with E-state index < -0.39 is 0 Å². The lowest BCUT2D eigenvalue weighted by Gasteiger charge is -2.18. The number of hydrogen-bond donors (Lipinski definition) is 0. The summed E-state index contributed by atoms with van der Waals surface area (Å²) in [5.74, 6) is 0.884. The molecule has 3 heteroatoms. The summed E-state index contributed by atoms with van der Waals surface area (Å²) in [7, 11) is 0.723. The first-order valence-corrected chi connectivity index (χ1v) is 8.98. The molecule has 2 nitrogen and oxygen atoms in total.